The van der Waals surface area contributed by atoms with Gasteiger partial charge in [0.15, 0.2) is 0 Å². The fraction of sp³-hybridized carbons (Fsp3) is 0.750. The van der Waals surface area contributed by atoms with E-state index in [2.05, 4.69) is 6.58 Å². The SMILES string of the molecule is C=C(C)C1(O)CC(OC)C1. The third kappa shape index (κ3) is 1.09. The first kappa shape index (κ1) is 7.76. The molecule has 1 N–H and O–H groups in total. The van der Waals surface area contributed by atoms with Crippen molar-refractivity contribution in [2.75, 3.05) is 7.11 Å². The van der Waals surface area contributed by atoms with E-state index in [0.717, 1.165) is 5.57 Å². The molecule has 0 aliphatic heterocycles. The van der Waals surface area contributed by atoms with Crippen molar-refractivity contribution in [3.8, 4) is 0 Å². The average molecular weight is 142 g/mol. The standard InChI is InChI=1S/C8H14O2/c1-6(2)8(9)4-7(5-8)10-3/h7,9H,1,4-5H2,2-3H3. The van der Waals surface area contributed by atoms with Crippen LogP contribution >= 0.6 is 0 Å². The van der Waals surface area contributed by atoms with Gasteiger partial charge in [0.25, 0.3) is 0 Å². The summed E-state index contributed by atoms with van der Waals surface area (Å²) in [7, 11) is 1.67. The molecule has 0 atom stereocenters. The number of hydrogen-bond donors (Lipinski definition) is 1. The molecule has 0 heterocycles. The second-order valence-electron chi connectivity index (χ2n) is 3.08. The Balaban J connectivity index is 2.42. The molecule has 0 saturated heterocycles. The smallest absolute Gasteiger partial charge is 0.0900 e. The maximum Gasteiger partial charge on any atom is 0.0900 e. The molecule has 2 nitrogen and oxygen atoms in total. The molecule has 1 aliphatic carbocycles. The number of hydrogen-bond acceptors (Lipinski definition) is 2. The van der Waals surface area contributed by atoms with Crippen molar-refractivity contribution in [2.24, 2.45) is 0 Å². The van der Waals surface area contributed by atoms with Crippen LogP contribution in [0.25, 0.3) is 0 Å². The summed E-state index contributed by atoms with van der Waals surface area (Å²) >= 11 is 0. The van der Waals surface area contributed by atoms with Gasteiger partial charge in [-0.3, -0.25) is 0 Å². The Morgan fingerprint density at radius 1 is 1.70 bits per heavy atom. The molecule has 0 aromatic carbocycles. The molecule has 0 radical (unpaired) electrons. The molecule has 2 heteroatoms. The summed E-state index contributed by atoms with van der Waals surface area (Å²) in [5.41, 5.74) is 0.224. The van der Waals surface area contributed by atoms with E-state index < -0.39 is 5.60 Å². The van der Waals surface area contributed by atoms with Crippen LogP contribution in [0.4, 0.5) is 0 Å². The second-order valence-corrected chi connectivity index (χ2v) is 3.08. The first-order valence-corrected chi connectivity index (χ1v) is 3.49. The van der Waals surface area contributed by atoms with Gasteiger partial charge in [-0.05, 0) is 12.5 Å². The zero-order chi connectivity index (χ0) is 7.78. The van der Waals surface area contributed by atoms with Crippen LogP contribution in [0.3, 0.4) is 0 Å². The Bertz CT molecular complexity index is 145. The van der Waals surface area contributed by atoms with Gasteiger partial charge in [-0.15, -0.1) is 0 Å². The van der Waals surface area contributed by atoms with Crippen molar-refractivity contribution in [2.45, 2.75) is 31.5 Å². The summed E-state index contributed by atoms with van der Waals surface area (Å²) in [6.07, 6.45) is 1.65. The van der Waals surface area contributed by atoms with Crippen LogP contribution in [0.2, 0.25) is 0 Å². The van der Waals surface area contributed by atoms with Crippen molar-refractivity contribution in [3.63, 3.8) is 0 Å². The number of methoxy groups -OCH3 is 1. The van der Waals surface area contributed by atoms with Gasteiger partial charge in [-0.2, -0.15) is 0 Å². The lowest BCUT2D eigenvalue weighted by atomic mass is 9.73. The van der Waals surface area contributed by atoms with Gasteiger partial charge in [0.05, 0.1) is 11.7 Å². The molecule has 0 unspecified atom stereocenters. The summed E-state index contributed by atoms with van der Waals surface area (Å²) in [4.78, 5) is 0. The van der Waals surface area contributed by atoms with Gasteiger partial charge < -0.3 is 9.84 Å². The van der Waals surface area contributed by atoms with E-state index >= 15 is 0 Å². The molecule has 0 aromatic heterocycles. The number of rotatable bonds is 2. The summed E-state index contributed by atoms with van der Waals surface area (Å²) < 4.78 is 5.03. The van der Waals surface area contributed by atoms with Gasteiger partial charge in [-0.1, -0.05) is 6.58 Å². The highest BCUT2D eigenvalue weighted by molar-refractivity contribution is 5.16. The van der Waals surface area contributed by atoms with Crippen LogP contribution in [0, 0.1) is 0 Å². The summed E-state index contributed by atoms with van der Waals surface area (Å²) in [6, 6.07) is 0. The minimum Gasteiger partial charge on any atom is -0.385 e. The van der Waals surface area contributed by atoms with E-state index in [4.69, 9.17) is 4.74 Å². The zero-order valence-electron chi connectivity index (χ0n) is 6.55. The Labute approximate surface area is 61.5 Å². The quantitative estimate of drug-likeness (QED) is 0.585. The lowest BCUT2D eigenvalue weighted by molar-refractivity contribution is -0.103. The number of ether oxygens (including phenoxy) is 1. The Hall–Kier alpha value is -0.340. The van der Waals surface area contributed by atoms with Gasteiger partial charge in [0, 0.05) is 20.0 Å². The van der Waals surface area contributed by atoms with Crippen LogP contribution in [0.1, 0.15) is 19.8 Å². The Morgan fingerprint density at radius 2 is 2.20 bits per heavy atom. The topological polar surface area (TPSA) is 29.5 Å². The van der Waals surface area contributed by atoms with Gasteiger partial charge in [0.2, 0.25) is 0 Å². The molecule has 1 rings (SSSR count). The van der Waals surface area contributed by atoms with Crippen LogP contribution in [0.15, 0.2) is 12.2 Å². The van der Waals surface area contributed by atoms with Crippen molar-refractivity contribution < 1.29 is 9.84 Å². The minimum atomic E-state index is -0.624. The van der Waals surface area contributed by atoms with Crippen molar-refractivity contribution in [1.29, 1.82) is 0 Å². The van der Waals surface area contributed by atoms with E-state index in [1.54, 1.807) is 7.11 Å². The third-order valence-electron chi connectivity index (χ3n) is 2.26. The van der Waals surface area contributed by atoms with Crippen LogP contribution in [-0.4, -0.2) is 23.9 Å². The van der Waals surface area contributed by atoms with Crippen LogP contribution < -0.4 is 0 Å². The first-order valence-electron chi connectivity index (χ1n) is 3.49. The summed E-state index contributed by atoms with van der Waals surface area (Å²) in [5, 5.41) is 9.61. The maximum absolute atomic E-state index is 9.61. The van der Waals surface area contributed by atoms with Gasteiger partial charge in [-0.25, -0.2) is 0 Å². The van der Waals surface area contributed by atoms with Crippen LogP contribution in [-0.2, 0) is 4.74 Å². The van der Waals surface area contributed by atoms with Gasteiger partial charge in [0.1, 0.15) is 0 Å². The molecule has 1 saturated carbocycles. The average Bonchev–Trinajstić information content (AvgIpc) is 1.80. The largest absolute Gasteiger partial charge is 0.385 e. The molecule has 0 bridgehead atoms. The lowest BCUT2D eigenvalue weighted by Crippen LogP contribution is -2.48. The zero-order valence-corrected chi connectivity index (χ0v) is 6.55. The molecule has 10 heavy (non-hydrogen) atoms. The normalized spacial score (nSPS) is 38.9. The first-order chi connectivity index (χ1) is 4.58. The second kappa shape index (κ2) is 2.36. The van der Waals surface area contributed by atoms with Crippen LogP contribution in [0.5, 0.6) is 0 Å². The molecule has 1 aliphatic rings. The van der Waals surface area contributed by atoms with E-state index in [0.29, 0.717) is 12.8 Å². The monoisotopic (exact) mass is 142 g/mol. The molecule has 0 amide bonds. The van der Waals surface area contributed by atoms with E-state index in [9.17, 15) is 5.11 Å². The predicted octanol–water partition coefficient (Wildman–Crippen LogP) is 1.10. The lowest BCUT2D eigenvalue weighted by Gasteiger charge is -2.43. The molecular formula is C8H14O2. The Kier molecular flexibility index (Phi) is 1.84. The van der Waals surface area contributed by atoms with Crippen molar-refractivity contribution in [3.05, 3.63) is 12.2 Å². The van der Waals surface area contributed by atoms with Crippen molar-refractivity contribution >= 4 is 0 Å². The fourth-order valence-corrected chi connectivity index (χ4v) is 1.21. The highest BCUT2D eigenvalue weighted by atomic mass is 16.5. The molecular weight excluding hydrogens is 128 g/mol. The third-order valence-corrected chi connectivity index (χ3v) is 2.26. The predicted molar refractivity (Wildman–Crippen MR) is 39.8 cm³/mol. The minimum absolute atomic E-state index is 0.238. The number of aliphatic hydroxyl groups is 1. The summed E-state index contributed by atoms with van der Waals surface area (Å²) in [5.74, 6) is 0. The molecule has 1 fully saturated rings. The van der Waals surface area contributed by atoms with E-state index in [1.807, 2.05) is 6.92 Å². The summed E-state index contributed by atoms with van der Waals surface area (Å²) in [6.45, 7) is 5.57. The molecule has 0 spiro atoms. The highest BCUT2D eigenvalue weighted by Crippen LogP contribution is 2.38. The van der Waals surface area contributed by atoms with E-state index in [1.165, 1.54) is 0 Å². The molecule has 0 aromatic rings. The van der Waals surface area contributed by atoms with E-state index in [-0.39, 0.29) is 6.10 Å². The highest BCUT2D eigenvalue weighted by Gasteiger charge is 2.43. The maximum atomic E-state index is 9.61. The van der Waals surface area contributed by atoms with Gasteiger partial charge >= 0.3 is 0 Å². The van der Waals surface area contributed by atoms with Crippen molar-refractivity contribution in [1.82, 2.24) is 0 Å². The molecule has 58 valence electrons. The Morgan fingerprint density at radius 3 is 2.50 bits per heavy atom. The fourth-order valence-electron chi connectivity index (χ4n) is 1.21.